The number of aliphatic hydroxyl groups is 1. The van der Waals surface area contributed by atoms with E-state index in [1.54, 1.807) is 29.2 Å². The molecule has 1 aliphatic rings. The van der Waals surface area contributed by atoms with Gasteiger partial charge in [0.05, 0.1) is 6.10 Å². The third kappa shape index (κ3) is 4.31. The molecule has 1 aliphatic heterocycles. The molecule has 22 heavy (non-hydrogen) atoms. The van der Waals surface area contributed by atoms with Gasteiger partial charge in [0.1, 0.15) is 0 Å². The summed E-state index contributed by atoms with van der Waals surface area (Å²) in [5.74, 6) is 0.0410. The van der Waals surface area contributed by atoms with E-state index >= 15 is 0 Å². The van der Waals surface area contributed by atoms with Crippen LogP contribution >= 0.6 is 0 Å². The monoisotopic (exact) mass is 304 g/mol. The van der Waals surface area contributed by atoms with E-state index in [0.717, 1.165) is 6.42 Å². The molecule has 0 radical (unpaired) electrons. The van der Waals surface area contributed by atoms with Crippen LogP contribution in [0.15, 0.2) is 30.3 Å². The maximum Gasteiger partial charge on any atom is 0.251 e. The Labute approximate surface area is 131 Å². The van der Waals surface area contributed by atoms with Crippen molar-refractivity contribution in [2.24, 2.45) is 5.92 Å². The molecule has 0 aromatic heterocycles. The zero-order valence-electron chi connectivity index (χ0n) is 13.2. The SMILES string of the molecule is CC(CC(=O)N1CCC(C)C(O)C1)NC(=O)c1ccccc1. The summed E-state index contributed by atoms with van der Waals surface area (Å²) in [6, 6.07) is 8.71. The number of β-amino-alcohol motifs (C(OH)–C–C–N with tert-alkyl or cyclic N) is 1. The van der Waals surface area contributed by atoms with Crippen LogP contribution in [-0.4, -0.2) is 47.1 Å². The van der Waals surface area contributed by atoms with Crippen LogP contribution in [0.2, 0.25) is 0 Å². The van der Waals surface area contributed by atoms with Crippen molar-refractivity contribution in [3.63, 3.8) is 0 Å². The number of benzene rings is 1. The van der Waals surface area contributed by atoms with Gasteiger partial charge in [0.15, 0.2) is 0 Å². The first-order valence-corrected chi connectivity index (χ1v) is 7.79. The number of hydrogen-bond donors (Lipinski definition) is 2. The van der Waals surface area contributed by atoms with E-state index in [9.17, 15) is 14.7 Å². The molecular formula is C17H24N2O3. The molecule has 5 heteroatoms. The molecule has 0 saturated carbocycles. The average molecular weight is 304 g/mol. The van der Waals surface area contributed by atoms with Gasteiger partial charge in [-0.3, -0.25) is 9.59 Å². The molecule has 0 bridgehead atoms. The molecule has 2 rings (SSSR count). The Kier molecular flexibility index (Phi) is 5.55. The molecule has 1 aromatic rings. The molecule has 1 saturated heterocycles. The summed E-state index contributed by atoms with van der Waals surface area (Å²) >= 11 is 0. The van der Waals surface area contributed by atoms with Gasteiger partial charge in [-0.15, -0.1) is 0 Å². The Morgan fingerprint density at radius 1 is 1.36 bits per heavy atom. The number of nitrogens with zero attached hydrogens (tertiary/aromatic N) is 1. The number of amides is 2. The van der Waals surface area contributed by atoms with E-state index in [2.05, 4.69) is 5.32 Å². The van der Waals surface area contributed by atoms with Crippen molar-refractivity contribution in [2.45, 2.75) is 38.8 Å². The third-order valence-corrected chi connectivity index (χ3v) is 4.17. The van der Waals surface area contributed by atoms with E-state index in [0.29, 0.717) is 18.7 Å². The van der Waals surface area contributed by atoms with Crippen molar-refractivity contribution in [1.82, 2.24) is 10.2 Å². The number of nitrogens with one attached hydrogen (secondary N) is 1. The van der Waals surface area contributed by atoms with Gasteiger partial charge in [-0.2, -0.15) is 0 Å². The summed E-state index contributed by atoms with van der Waals surface area (Å²) in [6.45, 7) is 4.88. The van der Waals surface area contributed by atoms with Crippen LogP contribution in [-0.2, 0) is 4.79 Å². The number of carbonyl (C=O) groups excluding carboxylic acids is 2. The van der Waals surface area contributed by atoms with Crippen LogP contribution < -0.4 is 5.32 Å². The largest absolute Gasteiger partial charge is 0.391 e. The van der Waals surface area contributed by atoms with E-state index in [4.69, 9.17) is 0 Å². The first kappa shape index (κ1) is 16.5. The molecule has 3 atom stereocenters. The predicted molar refractivity (Wildman–Crippen MR) is 84.4 cm³/mol. The number of carbonyl (C=O) groups is 2. The van der Waals surface area contributed by atoms with E-state index in [-0.39, 0.29) is 30.2 Å². The average Bonchev–Trinajstić information content (AvgIpc) is 2.50. The summed E-state index contributed by atoms with van der Waals surface area (Å²) in [7, 11) is 0. The van der Waals surface area contributed by atoms with Crippen LogP contribution in [0.25, 0.3) is 0 Å². The molecular weight excluding hydrogens is 280 g/mol. The fraction of sp³-hybridized carbons (Fsp3) is 0.529. The van der Waals surface area contributed by atoms with E-state index < -0.39 is 6.10 Å². The molecule has 120 valence electrons. The minimum atomic E-state index is -0.452. The summed E-state index contributed by atoms with van der Waals surface area (Å²) in [5.41, 5.74) is 0.587. The lowest BCUT2D eigenvalue weighted by atomic mass is 9.95. The molecule has 0 spiro atoms. The van der Waals surface area contributed by atoms with Gasteiger partial charge in [0, 0.05) is 31.1 Å². The second kappa shape index (κ2) is 7.40. The lowest BCUT2D eigenvalue weighted by molar-refractivity contribution is -0.135. The molecule has 2 N–H and O–H groups in total. The summed E-state index contributed by atoms with van der Waals surface area (Å²) in [5, 5.41) is 12.7. The fourth-order valence-electron chi connectivity index (χ4n) is 2.61. The quantitative estimate of drug-likeness (QED) is 0.884. The molecule has 2 amide bonds. The van der Waals surface area contributed by atoms with Gasteiger partial charge >= 0.3 is 0 Å². The van der Waals surface area contributed by atoms with E-state index in [1.807, 2.05) is 19.9 Å². The van der Waals surface area contributed by atoms with Crippen molar-refractivity contribution >= 4 is 11.8 Å². The first-order chi connectivity index (χ1) is 10.5. The van der Waals surface area contributed by atoms with Crippen molar-refractivity contribution in [3.05, 3.63) is 35.9 Å². The Balaban J connectivity index is 1.83. The maximum atomic E-state index is 12.2. The van der Waals surface area contributed by atoms with Gasteiger partial charge in [0.2, 0.25) is 5.91 Å². The topological polar surface area (TPSA) is 69.6 Å². The van der Waals surface area contributed by atoms with Crippen LogP contribution in [0.3, 0.4) is 0 Å². The summed E-state index contributed by atoms with van der Waals surface area (Å²) < 4.78 is 0. The van der Waals surface area contributed by atoms with Crippen molar-refractivity contribution in [2.75, 3.05) is 13.1 Å². The Morgan fingerprint density at radius 2 is 2.05 bits per heavy atom. The highest BCUT2D eigenvalue weighted by atomic mass is 16.3. The van der Waals surface area contributed by atoms with Crippen LogP contribution in [0.4, 0.5) is 0 Å². The maximum absolute atomic E-state index is 12.2. The minimum absolute atomic E-state index is 0.0215. The Bertz CT molecular complexity index is 518. The first-order valence-electron chi connectivity index (χ1n) is 7.79. The second-order valence-corrected chi connectivity index (χ2v) is 6.12. The van der Waals surface area contributed by atoms with Gasteiger partial charge in [0.25, 0.3) is 5.91 Å². The Morgan fingerprint density at radius 3 is 2.68 bits per heavy atom. The van der Waals surface area contributed by atoms with Gasteiger partial charge in [-0.05, 0) is 31.4 Å². The molecule has 1 fully saturated rings. The lowest BCUT2D eigenvalue weighted by Crippen LogP contribution is -2.47. The van der Waals surface area contributed by atoms with Gasteiger partial charge in [-0.1, -0.05) is 25.1 Å². The highest BCUT2D eigenvalue weighted by Gasteiger charge is 2.28. The smallest absolute Gasteiger partial charge is 0.251 e. The van der Waals surface area contributed by atoms with Crippen LogP contribution in [0, 0.1) is 5.92 Å². The van der Waals surface area contributed by atoms with Crippen molar-refractivity contribution in [1.29, 1.82) is 0 Å². The van der Waals surface area contributed by atoms with Gasteiger partial charge < -0.3 is 15.3 Å². The van der Waals surface area contributed by atoms with Crippen molar-refractivity contribution < 1.29 is 14.7 Å². The fourth-order valence-corrected chi connectivity index (χ4v) is 2.61. The molecule has 1 aromatic carbocycles. The highest BCUT2D eigenvalue weighted by molar-refractivity contribution is 5.94. The standard InChI is InChI=1S/C17H24N2O3/c1-12-8-9-19(11-15(12)20)16(21)10-13(2)18-17(22)14-6-4-3-5-7-14/h3-7,12-13,15,20H,8-11H2,1-2H3,(H,18,22). The number of rotatable bonds is 4. The normalized spacial score (nSPS) is 23.0. The second-order valence-electron chi connectivity index (χ2n) is 6.12. The van der Waals surface area contributed by atoms with Crippen LogP contribution in [0.5, 0.6) is 0 Å². The molecule has 3 unspecified atom stereocenters. The summed E-state index contributed by atoms with van der Waals surface area (Å²) in [6.07, 6.45) is 0.615. The zero-order valence-corrected chi connectivity index (χ0v) is 13.2. The van der Waals surface area contributed by atoms with Crippen molar-refractivity contribution in [3.8, 4) is 0 Å². The van der Waals surface area contributed by atoms with E-state index in [1.165, 1.54) is 0 Å². The summed E-state index contributed by atoms with van der Waals surface area (Å²) in [4.78, 5) is 26.0. The molecule has 1 heterocycles. The number of piperidine rings is 1. The highest BCUT2D eigenvalue weighted by Crippen LogP contribution is 2.17. The number of hydrogen-bond acceptors (Lipinski definition) is 3. The van der Waals surface area contributed by atoms with Crippen LogP contribution in [0.1, 0.15) is 37.0 Å². The number of likely N-dealkylation sites (tertiary alicyclic amines) is 1. The predicted octanol–water partition coefficient (Wildman–Crippen LogP) is 1.42. The molecule has 0 aliphatic carbocycles. The lowest BCUT2D eigenvalue weighted by Gasteiger charge is -2.34. The molecule has 5 nitrogen and oxygen atoms in total. The zero-order chi connectivity index (χ0) is 16.1. The van der Waals surface area contributed by atoms with Gasteiger partial charge in [-0.25, -0.2) is 0 Å². The Hall–Kier alpha value is -1.88. The minimum Gasteiger partial charge on any atom is -0.391 e. The third-order valence-electron chi connectivity index (χ3n) is 4.17. The number of aliphatic hydroxyl groups excluding tert-OH is 1.